The second kappa shape index (κ2) is 7.90. The van der Waals surface area contributed by atoms with Gasteiger partial charge in [0.25, 0.3) is 0 Å². The Hall–Kier alpha value is -3.06. The van der Waals surface area contributed by atoms with Crippen molar-refractivity contribution in [1.29, 1.82) is 0 Å². The molecule has 146 valence electrons. The maximum Gasteiger partial charge on any atom is 0.161 e. The predicted octanol–water partition coefficient (Wildman–Crippen LogP) is 3.50. The van der Waals surface area contributed by atoms with E-state index in [1.807, 2.05) is 18.2 Å². The first-order chi connectivity index (χ1) is 13.7. The number of methoxy groups -OCH3 is 1. The lowest BCUT2D eigenvalue weighted by Gasteiger charge is -2.12. The van der Waals surface area contributed by atoms with Crippen LogP contribution >= 0.6 is 0 Å². The number of aromatic amines is 1. The average molecular weight is 383 g/mol. The summed E-state index contributed by atoms with van der Waals surface area (Å²) in [5.74, 6) is 1.85. The standard InChI is InChI=1S/C21H22FN3O3/c1-27-18-11-15-14(10-19(18)28-8-4-7-26)9-16-20(15)24-25-21(16)23-12-13-5-2-3-6-17(13)22/h2-3,5-6,10-11,26H,4,7-9,12H2,1H3,(H2,23,24,25). The van der Waals surface area contributed by atoms with Crippen LogP contribution in [-0.2, 0) is 13.0 Å². The number of hydrogen-bond donors (Lipinski definition) is 3. The largest absolute Gasteiger partial charge is 0.493 e. The van der Waals surface area contributed by atoms with E-state index in [1.54, 1.807) is 19.2 Å². The summed E-state index contributed by atoms with van der Waals surface area (Å²) >= 11 is 0. The molecule has 0 fully saturated rings. The zero-order chi connectivity index (χ0) is 19.5. The lowest BCUT2D eigenvalue weighted by Crippen LogP contribution is -2.04. The average Bonchev–Trinajstić information content (AvgIpc) is 3.26. The van der Waals surface area contributed by atoms with E-state index in [1.165, 1.54) is 6.07 Å². The highest BCUT2D eigenvalue weighted by atomic mass is 19.1. The second-order valence-electron chi connectivity index (χ2n) is 6.63. The van der Waals surface area contributed by atoms with E-state index in [0.29, 0.717) is 43.1 Å². The molecule has 6 nitrogen and oxygen atoms in total. The summed E-state index contributed by atoms with van der Waals surface area (Å²) in [6.07, 6.45) is 1.26. The molecule has 1 aliphatic rings. The summed E-state index contributed by atoms with van der Waals surface area (Å²) in [4.78, 5) is 0. The Balaban J connectivity index is 1.55. The third-order valence-electron chi connectivity index (χ3n) is 4.85. The molecule has 0 bridgehead atoms. The monoisotopic (exact) mass is 383 g/mol. The van der Waals surface area contributed by atoms with E-state index in [-0.39, 0.29) is 12.4 Å². The highest BCUT2D eigenvalue weighted by Crippen LogP contribution is 2.44. The van der Waals surface area contributed by atoms with Gasteiger partial charge in [-0.2, -0.15) is 5.10 Å². The second-order valence-corrected chi connectivity index (χ2v) is 6.63. The van der Waals surface area contributed by atoms with Gasteiger partial charge in [0, 0.05) is 42.7 Å². The van der Waals surface area contributed by atoms with Crippen LogP contribution in [0.25, 0.3) is 11.3 Å². The number of rotatable bonds is 8. The number of nitrogens with one attached hydrogen (secondary N) is 2. The van der Waals surface area contributed by atoms with Crippen molar-refractivity contribution in [1.82, 2.24) is 10.2 Å². The molecule has 0 amide bonds. The maximum atomic E-state index is 13.9. The Morgan fingerprint density at radius 3 is 2.89 bits per heavy atom. The maximum absolute atomic E-state index is 13.9. The third kappa shape index (κ3) is 3.41. The Kier molecular flexibility index (Phi) is 5.16. The van der Waals surface area contributed by atoms with Crippen LogP contribution in [0.4, 0.5) is 10.2 Å². The molecule has 0 unspecified atom stereocenters. The fraction of sp³-hybridized carbons (Fsp3) is 0.286. The number of hydrogen-bond acceptors (Lipinski definition) is 5. The summed E-state index contributed by atoms with van der Waals surface area (Å²) in [6, 6.07) is 10.6. The molecule has 0 atom stereocenters. The number of benzene rings is 2. The van der Waals surface area contributed by atoms with Gasteiger partial charge in [0.1, 0.15) is 11.6 Å². The van der Waals surface area contributed by atoms with Crippen LogP contribution in [0, 0.1) is 5.82 Å². The molecular weight excluding hydrogens is 361 g/mol. The van der Waals surface area contributed by atoms with Crippen molar-refractivity contribution in [2.45, 2.75) is 19.4 Å². The topological polar surface area (TPSA) is 79.4 Å². The summed E-state index contributed by atoms with van der Waals surface area (Å²) in [5.41, 5.74) is 4.60. The number of H-pyrrole nitrogens is 1. The van der Waals surface area contributed by atoms with Crippen LogP contribution in [0.3, 0.4) is 0 Å². The number of aliphatic hydroxyl groups excluding tert-OH is 1. The molecule has 28 heavy (non-hydrogen) atoms. The van der Waals surface area contributed by atoms with Crippen molar-refractivity contribution in [2.75, 3.05) is 25.6 Å². The molecule has 2 aromatic carbocycles. The molecule has 3 N–H and O–H groups in total. The SMILES string of the molecule is COc1cc2c(cc1OCCCO)Cc1c-2n[nH]c1NCc1ccccc1F. The third-order valence-corrected chi connectivity index (χ3v) is 4.85. The van der Waals surface area contributed by atoms with Crippen molar-refractivity contribution >= 4 is 5.82 Å². The lowest BCUT2D eigenvalue weighted by atomic mass is 10.1. The number of aromatic nitrogens is 2. The first-order valence-corrected chi connectivity index (χ1v) is 9.20. The van der Waals surface area contributed by atoms with Crippen LogP contribution in [0.2, 0.25) is 0 Å². The van der Waals surface area contributed by atoms with Gasteiger partial charge >= 0.3 is 0 Å². The molecule has 1 aromatic heterocycles. The summed E-state index contributed by atoms with van der Waals surface area (Å²) < 4.78 is 25.1. The van der Waals surface area contributed by atoms with Gasteiger partial charge in [-0.25, -0.2) is 4.39 Å². The van der Waals surface area contributed by atoms with Gasteiger partial charge < -0.3 is 19.9 Å². The first kappa shape index (κ1) is 18.3. The Morgan fingerprint density at radius 1 is 1.25 bits per heavy atom. The van der Waals surface area contributed by atoms with E-state index in [2.05, 4.69) is 15.5 Å². The molecule has 3 aromatic rings. The zero-order valence-electron chi connectivity index (χ0n) is 15.6. The first-order valence-electron chi connectivity index (χ1n) is 9.20. The minimum Gasteiger partial charge on any atom is -0.493 e. The number of fused-ring (bicyclic) bond motifs is 3. The van der Waals surface area contributed by atoms with E-state index in [4.69, 9.17) is 14.6 Å². The molecular formula is C21H22FN3O3. The van der Waals surface area contributed by atoms with Gasteiger partial charge in [-0.3, -0.25) is 5.10 Å². The summed E-state index contributed by atoms with van der Waals surface area (Å²) in [7, 11) is 1.60. The van der Waals surface area contributed by atoms with Crippen molar-refractivity contribution in [2.24, 2.45) is 0 Å². The van der Waals surface area contributed by atoms with Crippen LogP contribution in [0.1, 0.15) is 23.1 Å². The predicted molar refractivity (Wildman–Crippen MR) is 104 cm³/mol. The van der Waals surface area contributed by atoms with E-state index >= 15 is 0 Å². The number of ether oxygens (including phenoxy) is 2. The Morgan fingerprint density at radius 2 is 2.11 bits per heavy atom. The van der Waals surface area contributed by atoms with E-state index in [0.717, 1.165) is 28.2 Å². The van der Waals surface area contributed by atoms with E-state index < -0.39 is 0 Å². The highest BCUT2D eigenvalue weighted by Gasteiger charge is 2.27. The van der Waals surface area contributed by atoms with Crippen LogP contribution in [-0.4, -0.2) is 35.6 Å². The van der Waals surface area contributed by atoms with Crippen molar-refractivity contribution < 1.29 is 19.0 Å². The van der Waals surface area contributed by atoms with Gasteiger partial charge in [0.05, 0.1) is 19.4 Å². The molecule has 0 aliphatic heterocycles. The molecule has 0 saturated carbocycles. The van der Waals surface area contributed by atoms with Crippen molar-refractivity contribution in [3.8, 4) is 22.8 Å². The minimum absolute atomic E-state index is 0.0830. The number of halogens is 1. The number of nitrogens with zero attached hydrogens (tertiary/aromatic N) is 1. The Labute approximate surface area is 162 Å². The smallest absolute Gasteiger partial charge is 0.161 e. The van der Waals surface area contributed by atoms with Gasteiger partial charge in [0.15, 0.2) is 11.5 Å². The fourth-order valence-corrected chi connectivity index (χ4v) is 3.41. The van der Waals surface area contributed by atoms with Gasteiger partial charge in [-0.05, 0) is 23.8 Å². The molecule has 1 heterocycles. The molecule has 0 radical (unpaired) electrons. The van der Waals surface area contributed by atoms with Crippen molar-refractivity contribution in [3.05, 3.63) is 58.9 Å². The van der Waals surface area contributed by atoms with Gasteiger partial charge in [-0.15, -0.1) is 0 Å². The molecule has 4 rings (SSSR count). The zero-order valence-corrected chi connectivity index (χ0v) is 15.6. The minimum atomic E-state index is -0.233. The van der Waals surface area contributed by atoms with Crippen LogP contribution < -0.4 is 14.8 Å². The molecule has 0 spiro atoms. The molecule has 7 heteroatoms. The Bertz CT molecular complexity index is 987. The number of aliphatic hydroxyl groups is 1. The van der Waals surface area contributed by atoms with E-state index in [9.17, 15) is 4.39 Å². The summed E-state index contributed by atoms with van der Waals surface area (Å²) in [6.45, 7) is 0.877. The quantitative estimate of drug-likeness (QED) is 0.406. The van der Waals surface area contributed by atoms with Crippen LogP contribution in [0.5, 0.6) is 11.5 Å². The van der Waals surface area contributed by atoms with Crippen LogP contribution in [0.15, 0.2) is 36.4 Å². The fourth-order valence-electron chi connectivity index (χ4n) is 3.41. The van der Waals surface area contributed by atoms with Crippen molar-refractivity contribution in [3.63, 3.8) is 0 Å². The normalized spacial score (nSPS) is 11.8. The lowest BCUT2D eigenvalue weighted by molar-refractivity contribution is 0.228. The molecule has 0 saturated heterocycles. The summed E-state index contributed by atoms with van der Waals surface area (Å²) in [5, 5.41) is 19.7. The molecule has 1 aliphatic carbocycles. The van der Waals surface area contributed by atoms with Gasteiger partial charge in [-0.1, -0.05) is 18.2 Å². The highest BCUT2D eigenvalue weighted by molar-refractivity contribution is 5.80. The number of anilines is 1. The van der Waals surface area contributed by atoms with Gasteiger partial charge in [0.2, 0.25) is 0 Å².